The molecular formula is C29H35N3O4S. The number of aryl methyl sites for hydroxylation is 1. The van der Waals surface area contributed by atoms with Gasteiger partial charge in [-0.2, -0.15) is 0 Å². The lowest BCUT2D eigenvalue weighted by molar-refractivity contribution is -0.139. The second kappa shape index (κ2) is 12.5. The van der Waals surface area contributed by atoms with E-state index in [9.17, 15) is 18.0 Å². The Morgan fingerprint density at radius 3 is 2.00 bits per heavy atom. The molecule has 0 heterocycles. The number of benzene rings is 3. The number of para-hydroxylation sites is 1. The first-order chi connectivity index (χ1) is 17.6. The first kappa shape index (κ1) is 27.9. The van der Waals surface area contributed by atoms with Crippen molar-refractivity contribution in [1.29, 1.82) is 0 Å². The molecule has 0 bridgehead atoms. The van der Waals surface area contributed by atoms with Gasteiger partial charge in [0, 0.05) is 13.1 Å². The molecule has 0 radical (unpaired) electrons. The van der Waals surface area contributed by atoms with Crippen LogP contribution in [0.2, 0.25) is 0 Å². The number of nitrogens with one attached hydrogen (secondary N) is 1. The molecule has 0 unspecified atom stereocenters. The summed E-state index contributed by atoms with van der Waals surface area (Å²) in [5, 5.41) is 2.89. The summed E-state index contributed by atoms with van der Waals surface area (Å²) >= 11 is 0. The van der Waals surface area contributed by atoms with Gasteiger partial charge in [0.25, 0.3) is 10.0 Å². The fraction of sp³-hybridized carbons (Fsp3) is 0.310. The predicted molar refractivity (Wildman–Crippen MR) is 146 cm³/mol. The van der Waals surface area contributed by atoms with Gasteiger partial charge in [-0.25, -0.2) is 8.42 Å². The number of sulfonamides is 1. The van der Waals surface area contributed by atoms with Gasteiger partial charge in [-0.3, -0.25) is 13.9 Å². The summed E-state index contributed by atoms with van der Waals surface area (Å²) in [6, 6.07) is 23.4. The van der Waals surface area contributed by atoms with Crippen molar-refractivity contribution in [2.24, 2.45) is 5.92 Å². The third kappa shape index (κ3) is 7.20. The van der Waals surface area contributed by atoms with Crippen molar-refractivity contribution in [3.8, 4) is 0 Å². The quantitative estimate of drug-likeness (QED) is 0.406. The van der Waals surface area contributed by atoms with Crippen molar-refractivity contribution in [2.45, 2.75) is 45.2 Å². The fourth-order valence-electron chi connectivity index (χ4n) is 3.85. The van der Waals surface area contributed by atoms with Gasteiger partial charge in [0.2, 0.25) is 11.8 Å². The Morgan fingerprint density at radius 2 is 1.41 bits per heavy atom. The van der Waals surface area contributed by atoms with Crippen LogP contribution in [0.25, 0.3) is 0 Å². The highest BCUT2D eigenvalue weighted by molar-refractivity contribution is 7.92. The molecule has 1 atom stereocenters. The van der Waals surface area contributed by atoms with Crippen LogP contribution >= 0.6 is 0 Å². The van der Waals surface area contributed by atoms with Crippen molar-refractivity contribution in [2.75, 3.05) is 17.4 Å². The highest BCUT2D eigenvalue weighted by atomic mass is 32.2. The summed E-state index contributed by atoms with van der Waals surface area (Å²) in [5.41, 5.74) is 2.23. The third-order valence-electron chi connectivity index (χ3n) is 6.11. The van der Waals surface area contributed by atoms with Gasteiger partial charge in [0.1, 0.15) is 12.6 Å². The molecule has 0 aliphatic rings. The third-order valence-corrected chi connectivity index (χ3v) is 7.90. The fourth-order valence-corrected chi connectivity index (χ4v) is 5.28. The maximum absolute atomic E-state index is 13.8. The summed E-state index contributed by atoms with van der Waals surface area (Å²) in [6.07, 6.45) is 0. The Hall–Kier alpha value is -3.65. The molecule has 0 fully saturated rings. The largest absolute Gasteiger partial charge is 0.354 e. The first-order valence-corrected chi connectivity index (χ1v) is 13.8. The normalized spacial score (nSPS) is 12.1. The lowest BCUT2D eigenvalue weighted by atomic mass is 10.1. The topological polar surface area (TPSA) is 86.8 Å². The van der Waals surface area contributed by atoms with Crippen molar-refractivity contribution < 1.29 is 18.0 Å². The number of hydrogen-bond acceptors (Lipinski definition) is 4. The molecule has 1 N–H and O–H groups in total. The van der Waals surface area contributed by atoms with Crippen LogP contribution in [0, 0.1) is 12.8 Å². The average Bonchev–Trinajstić information content (AvgIpc) is 2.90. The molecule has 196 valence electrons. The highest BCUT2D eigenvalue weighted by Crippen LogP contribution is 2.24. The number of nitrogens with zero attached hydrogens (tertiary/aromatic N) is 2. The Labute approximate surface area is 220 Å². The molecule has 0 aliphatic carbocycles. The smallest absolute Gasteiger partial charge is 0.264 e. The number of amides is 2. The first-order valence-electron chi connectivity index (χ1n) is 12.4. The average molecular weight is 522 g/mol. The number of rotatable bonds is 11. The van der Waals surface area contributed by atoms with Crippen LogP contribution in [0.3, 0.4) is 0 Å². The minimum absolute atomic E-state index is 0.0832. The van der Waals surface area contributed by atoms with E-state index in [0.717, 1.165) is 15.4 Å². The molecule has 8 heteroatoms. The van der Waals surface area contributed by atoms with Crippen molar-refractivity contribution in [3.05, 3.63) is 96.1 Å². The molecule has 0 aliphatic heterocycles. The van der Waals surface area contributed by atoms with Crippen LogP contribution in [0.4, 0.5) is 5.69 Å². The van der Waals surface area contributed by atoms with E-state index < -0.39 is 28.5 Å². The molecule has 3 rings (SSSR count). The van der Waals surface area contributed by atoms with Crippen molar-refractivity contribution in [3.63, 3.8) is 0 Å². The Balaban J connectivity index is 1.98. The van der Waals surface area contributed by atoms with E-state index in [0.29, 0.717) is 12.2 Å². The Morgan fingerprint density at radius 1 is 0.838 bits per heavy atom. The minimum Gasteiger partial charge on any atom is -0.354 e. The molecule has 0 spiro atoms. The van der Waals surface area contributed by atoms with Gasteiger partial charge in [-0.1, -0.05) is 74.5 Å². The molecule has 37 heavy (non-hydrogen) atoms. The minimum atomic E-state index is -4.05. The van der Waals surface area contributed by atoms with Gasteiger partial charge in [0.05, 0.1) is 10.6 Å². The lowest BCUT2D eigenvalue weighted by Gasteiger charge is -2.32. The van der Waals surface area contributed by atoms with Gasteiger partial charge in [0.15, 0.2) is 0 Å². The monoisotopic (exact) mass is 521 g/mol. The van der Waals surface area contributed by atoms with Crippen LogP contribution in [0.15, 0.2) is 89.8 Å². The second-order valence-corrected chi connectivity index (χ2v) is 11.3. The van der Waals surface area contributed by atoms with Crippen LogP contribution in [-0.2, 0) is 26.2 Å². The molecule has 0 saturated carbocycles. The van der Waals surface area contributed by atoms with E-state index in [-0.39, 0.29) is 23.3 Å². The summed E-state index contributed by atoms with van der Waals surface area (Å²) in [5.74, 6) is -0.507. The van der Waals surface area contributed by atoms with Gasteiger partial charge in [-0.05, 0) is 55.2 Å². The number of hydrogen-bond donors (Lipinski definition) is 1. The summed E-state index contributed by atoms with van der Waals surface area (Å²) < 4.78 is 28.4. The summed E-state index contributed by atoms with van der Waals surface area (Å²) in [7, 11) is -4.05. The number of carbonyl (C=O) groups excluding carboxylic acids is 2. The lowest BCUT2D eigenvalue weighted by Crippen LogP contribution is -2.51. The zero-order valence-corrected chi connectivity index (χ0v) is 22.6. The number of anilines is 1. The maximum atomic E-state index is 13.8. The van der Waals surface area contributed by atoms with Gasteiger partial charge in [-0.15, -0.1) is 0 Å². The molecule has 7 nitrogen and oxygen atoms in total. The van der Waals surface area contributed by atoms with Crippen LogP contribution in [0.5, 0.6) is 0 Å². The van der Waals surface area contributed by atoms with E-state index >= 15 is 0 Å². The molecule has 0 saturated heterocycles. The molecule has 2 amide bonds. The van der Waals surface area contributed by atoms with Crippen LogP contribution < -0.4 is 9.62 Å². The van der Waals surface area contributed by atoms with E-state index in [1.54, 1.807) is 55.5 Å². The summed E-state index contributed by atoms with van der Waals surface area (Å²) in [4.78, 5) is 28.4. The Bertz CT molecular complexity index is 1290. The van der Waals surface area contributed by atoms with Gasteiger partial charge >= 0.3 is 0 Å². The van der Waals surface area contributed by atoms with Crippen molar-refractivity contribution >= 4 is 27.5 Å². The molecule has 3 aromatic carbocycles. The zero-order chi connectivity index (χ0) is 27.0. The SMILES string of the molecule is Cc1ccccc1CN(C(=O)CN(c1ccccc1)S(=O)(=O)c1ccccc1)[C@@H](C)C(=O)NCC(C)C. The predicted octanol–water partition coefficient (Wildman–Crippen LogP) is 4.38. The zero-order valence-electron chi connectivity index (χ0n) is 21.8. The van der Waals surface area contributed by atoms with Crippen molar-refractivity contribution in [1.82, 2.24) is 10.2 Å². The van der Waals surface area contributed by atoms with E-state index in [1.165, 1.54) is 17.0 Å². The molecule has 3 aromatic rings. The number of carbonyl (C=O) groups is 2. The summed E-state index contributed by atoms with van der Waals surface area (Å²) in [6.45, 7) is 7.81. The van der Waals surface area contributed by atoms with E-state index in [4.69, 9.17) is 0 Å². The maximum Gasteiger partial charge on any atom is 0.264 e. The van der Waals surface area contributed by atoms with Crippen LogP contribution in [-0.4, -0.2) is 44.3 Å². The molecule has 0 aromatic heterocycles. The van der Waals surface area contributed by atoms with Gasteiger partial charge < -0.3 is 10.2 Å². The highest BCUT2D eigenvalue weighted by Gasteiger charge is 2.32. The standard InChI is InChI=1S/C29H35N3O4S/c1-22(2)19-30-29(34)24(4)31(20-25-14-12-11-13-23(25)3)28(33)21-32(26-15-7-5-8-16-26)37(35,36)27-17-9-6-10-18-27/h5-18,22,24H,19-21H2,1-4H3,(H,30,34)/t24-/m0/s1. The van der Waals surface area contributed by atoms with E-state index in [1.807, 2.05) is 45.0 Å². The van der Waals surface area contributed by atoms with E-state index in [2.05, 4.69) is 5.32 Å². The van der Waals surface area contributed by atoms with Crippen LogP contribution in [0.1, 0.15) is 31.9 Å². The Kier molecular flexibility index (Phi) is 9.47. The molecular weight excluding hydrogens is 486 g/mol. The second-order valence-electron chi connectivity index (χ2n) is 9.42.